The molecule has 0 saturated heterocycles. The monoisotopic (exact) mass is 265 g/mol. The fraction of sp³-hybridized carbons (Fsp3) is 0.222. The lowest BCUT2D eigenvalue weighted by atomic mass is 10.1. The van der Waals surface area contributed by atoms with Gasteiger partial charge in [-0.05, 0) is 23.8 Å². The van der Waals surface area contributed by atoms with Gasteiger partial charge in [0.2, 0.25) is 0 Å². The largest absolute Gasteiger partial charge is 0.395 e. The smallest absolute Gasteiger partial charge is 0.0540 e. The van der Waals surface area contributed by atoms with Crippen molar-refractivity contribution in [2.75, 3.05) is 18.6 Å². The van der Waals surface area contributed by atoms with Crippen molar-refractivity contribution in [1.82, 2.24) is 0 Å². The number of aliphatic hydroxyl groups is 1. The lowest BCUT2D eigenvalue weighted by Crippen LogP contribution is -2.16. The van der Waals surface area contributed by atoms with Gasteiger partial charge in [-0.15, -0.1) is 0 Å². The second-order valence-electron chi connectivity index (χ2n) is 4.62. The van der Waals surface area contributed by atoms with E-state index < -0.39 is 0 Å². The van der Waals surface area contributed by atoms with Gasteiger partial charge in [-0.25, -0.2) is 0 Å². The minimum absolute atomic E-state index is 0.110. The van der Waals surface area contributed by atoms with Crippen molar-refractivity contribution < 1.29 is 5.11 Å². The number of anilines is 1. The van der Waals surface area contributed by atoms with Crippen molar-refractivity contribution in [2.45, 2.75) is 13.0 Å². The molecule has 0 radical (unpaired) electrons. The molecule has 0 heterocycles. The molecule has 0 bridgehead atoms. The lowest BCUT2D eigenvalue weighted by molar-refractivity contribution is 0.305. The van der Waals surface area contributed by atoms with Gasteiger partial charge in [0.05, 0.1) is 6.61 Å². The van der Waals surface area contributed by atoms with Crippen LogP contribution in [-0.4, -0.2) is 18.8 Å². The minimum Gasteiger partial charge on any atom is -0.395 e. The summed E-state index contributed by atoms with van der Waals surface area (Å²) in [5, 5.41) is 8.80. The minimum atomic E-state index is 0.110. The number of rotatable bonds is 4. The van der Waals surface area contributed by atoms with Crippen molar-refractivity contribution in [2.24, 2.45) is 0 Å². The number of hydrogen-bond acceptors (Lipinski definition) is 2. The third kappa shape index (κ3) is 3.88. The van der Waals surface area contributed by atoms with Crippen molar-refractivity contribution in [1.29, 1.82) is 0 Å². The zero-order valence-electron chi connectivity index (χ0n) is 11.7. The SMILES string of the molecule is CN(Cc1ccccc1C#CCCO)c1ccccc1. The predicted molar refractivity (Wildman–Crippen MR) is 83.6 cm³/mol. The highest BCUT2D eigenvalue weighted by Crippen LogP contribution is 2.16. The molecule has 0 atom stereocenters. The van der Waals surface area contributed by atoms with E-state index in [0.29, 0.717) is 6.42 Å². The number of benzene rings is 2. The first-order valence-corrected chi connectivity index (χ1v) is 6.75. The Kier molecular flexibility index (Phi) is 5.23. The Morgan fingerprint density at radius 1 is 1.00 bits per heavy atom. The fourth-order valence-corrected chi connectivity index (χ4v) is 2.02. The van der Waals surface area contributed by atoms with E-state index in [-0.39, 0.29) is 6.61 Å². The maximum atomic E-state index is 8.80. The third-order valence-electron chi connectivity index (χ3n) is 3.08. The number of aliphatic hydroxyl groups excluding tert-OH is 1. The quantitative estimate of drug-likeness (QED) is 0.859. The summed E-state index contributed by atoms with van der Waals surface area (Å²) in [6.45, 7) is 0.924. The van der Waals surface area contributed by atoms with Crippen molar-refractivity contribution in [3.8, 4) is 11.8 Å². The number of hydrogen-bond donors (Lipinski definition) is 1. The molecule has 2 aromatic rings. The van der Waals surface area contributed by atoms with Gasteiger partial charge in [-0.3, -0.25) is 0 Å². The molecule has 0 unspecified atom stereocenters. The van der Waals surface area contributed by atoms with E-state index in [1.54, 1.807) is 0 Å². The lowest BCUT2D eigenvalue weighted by Gasteiger charge is -2.20. The Hall–Kier alpha value is -2.24. The predicted octanol–water partition coefficient (Wildman–Crippen LogP) is 3.06. The summed E-state index contributed by atoms with van der Waals surface area (Å²) in [6.07, 6.45) is 0.517. The Balaban J connectivity index is 2.16. The van der Waals surface area contributed by atoms with E-state index in [1.807, 2.05) is 36.4 Å². The Labute approximate surface area is 120 Å². The average molecular weight is 265 g/mol. The Bertz CT molecular complexity index is 596. The molecule has 0 aliphatic carbocycles. The topological polar surface area (TPSA) is 23.5 Å². The molecule has 20 heavy (non-hydrogen) atoms. The van der Waals surface area contributed by atoms with Crippen LogP contribution in [0.1, 0.15) is 17.5 Å². The van der Waals surface area contributed by atoms with Crippen LogP contribution < -0.4 is 4.90 Å². The summed E-state index contributed by atoms with van der Waals surface area (Å²) in [4.78, 5) is 2.20. The molecule has 0 aliphatic heterocycles. The maximum absolute atomic E-state index is 8.80. The highest BCUT2D eigenvalue weighted by atomic mass is 16.2. The van der Waals surface area contributed by atoms with Crippen molar-refractivity contribution in [3.63, 3.8) is 0 Å². The van der Waals surface area contributed by atoms with Gasteiger partial charge in [0.1, 0.15) is 0 Å². The molecule has 1 N–H and O–H groups in total. The molecular formula is C18H19NO. The third-order valence-corrected chi connectivity index (χ3v) is 3.08. The van der Waals surface area contributed by atoms with E-state index in [1.165, 1.54) is 11.3 Å². The van der Waals surface area contributed by atoms with Gasteiger partial charge in [-0.1, -0.05) is 48.2 Å². The van der Waals surface area contributed by atoms with E-state index >= 15 is 0 Å². The normalized spacial score (nSPS) is 9.70. The molecule has 2 aromatic carbocycles. The van der Waals surface area contributed by atoms with E-state index in [2.05, 4.69) is 42.0 Å². The van der Waals surface area contributed by atoms with E-state index in [4.69, 9.17) is 5.11 Å². The van der Waals surface area contributed by atoms with Gasteiger partial charge in [-0.2, -0.15) is 0 Å². The first-order chi connectivity index (χ1) is 9.81. The second kappa shape index (κ2) is 7.37. The van der Waals surface area contributed by atoms with Crippen LogP contribution in [-0.2, 0) is 6.54 Å². The maximum Gasteiger partial charge on any atom is 0.0540 e. The number of para-hydroxylation sites is 1. The van der Waals surface area contributed by atoms with Crippen LogP contribution in [0.5, 0.6) is 0 Å². The zero-order valence-corrected chi connectivity index (χ0v) is 11.7. The molecule has 0 saturated carbocycles. The molecule has 2 nitrogen and oxygen atoms in total. The highest BCUT2D eigenvalue weighted by Gasteiger charge is 2.04. The van der Waals surface area contributed by atoms with Gasteiger partial charge in [0.25, 0.3) is 0 Å². The van der Waals surface area contributed by atoms with Gasteiger partial charge < -0.3 is 10.0 Å². The molecular weight excluding hydrogens is 246 g/mol. The second-order valence-corrected chi connectivity index (χ2v) is 4.62. The van der Waals surface area contributed by atoms with Crippen molar-refractivity contribution in [3.05, 3.63) is 65.7 Å². The summed E-state index contributed by atoms with van der Waals surface area (Å²) in [6, 6.07) is 18.4. The van der Waals surface area contributed by atoms with Gasteiger partial charge >= 0.3 is 0 Å². The van der Waals surface area contributed by atoms with Crippen LogP contribution in [0.4, 0.5) is 5.69 Å². The molecule has 102 valence electrons. The molecule has 2 rings (SSSR count). The van der Waals surface area contributed by atoms with Crippen LogP contribution >= 0.6 is 0 Å². The zero-order chi connectivity index (χ0) is 14.2. The molecule has 0 aromatic heterocycles. The molecule has 2 heteroatoms. The Morgan fingerprint density at radius 3 is 2.45 bits per heavy atom. The van der Waals surface area contributed by atoms with E-state index in [0.717, 1.165) is 12.1 Å². The summed E-state index contributed by atoms with van der Waals surface area (Å²) in [5.41, 5.74) is 3.42. The van der Waals surface area contributed by atoms with Crippen LogP contribution in [0.3, 0.4) is 0 Å². The average Bonchev–Trinajstić information content (AvgIpc) is 2.50. The van der Waals surface area contributed by atoms with Crippen LogP contribution in [0.2, 0.25) is 0 Å². The van der Waals surface area contributed by atoms with E-state index in [9.17, 15) is 0 Å². The summed E-state index contributed by atoms with van der Waals surface area (Å²) in [5.74, 6) is 6.12. The summed E-state index contributed by atoms with van der Waals surface area (Å²) < 4.78 is 0. The fourth-order valence-electron chi connectivity index (χ4n) is 2.02. The molecule has 0 spiro atoms. The van der Waals surface area contributed by atoms with Crippen LogP contribution in [0.15, 0.2) is 54.6 Å². The van der Waals surface area contributed by atoms with Gasteiger partial charge in [0, 0.05) is 31.3 Å². The summed E-state index contributed by atoms with van der Waals surface area (Å²) in [7, 11) is 2.08. The molecule has 0 fully saturated rings. The summed E-state index contributed by atoms with van der Waals surface area (Å²) >= 11 is 0. The van der Waals surface area contributed by atoms with Crippen molar-refractivity contribution >= 4 is 5.69 Å². The first kappa shape index (κ1) is 14.2. The molecule has 0 aliphatic rings. The van der Waals surface area contributed by atoms with Crippen LogP contribution in [0.25, 0.3) is 0 Å². The number of nitrogens with zero attached hydrogens (tertiary/aromatic N) is 1. The Morgan fingerprint density at radius 2 is 1.70 bits per heavy atom. The highest BCUT2D eigenvalue weighted by molar-refractivity contribution is 5.48. The molecule has 0 amide bonds. The standard InChI is InChI=1S/C18H19NO/c1-19(18-12-3-2-4-13-18)15-17-11-6-5-9-16(17)10-7-8-14-20/h2-6,9,11-13,20H,8,14-15H2,1H3. The van der Waals surface area contributed by atoms with Gasteiger partial charge in [0.15, 0.2) is 0 Å². The first-order valence-electron chi connectivity index (χ1n) is 6.75. The van der Waals surface area contributed by atoms with Crippen LogP contribution in [0, 0.1) is 11.8 Å².